The lowest BCUT2D eigenvalue weighted by molar-refractivity contribution is -0.122. The summed E-state index contributed by atoms with van der Waals surface area (Å²) in [5.41, 5.74) is 5.49. The SMILES string of the molecule is CCC(N)C(=O)NCC(C)(C)S(C)(=O)=O. The van der Waals surface area contributed by atoms with Crippen molar-refractivity contribution in [2.45, 2.75) is 38.0 Å². The van der Waals surface area contributed by atoms with E-state index in [4.69, 9.17) is 5.73 Å². The molecule has 0 bridgehead atoms. The molecule has 0 saturated carbocycles. The summed E-state index contributed by atoms with van der Waals surface area (Å²) >= 11 is 0. The van der Waals surface area contributed by atoms with E-state index in [1.54, 1.807) is 20.8 Å². The van der Waals surface area contributed by atoms with Crippen molar-refractivity contribution in [3.05, 3.63) is 0 Å². The van der Waals surface area contributed by atoms with Gasteiger partial charge in [0, 0.05) is 12.8 Å². The highest BCUT2D eigenvalue weighted by atomic mass is 32.2. The van der Waals surface area contributed by atoms with Crippen molar-refractivity contribution in [2.24, 2.45) is 5.73 Å². The number of nitrogens with two attached hydrogens (primary N) is 1. The summed E-state index contributed by atoms with van der Waals surface area (Å²) in [4.78, 5) is 11.3. The van der Waals surface area contributed by atoms with Crippen LogP contribution in [0, 0.1) is 0 Å². The van der Waals surface area contributed by atoms with Crippen molar-refractivity contribution in [3.8, 4) is 0 Å². The molecule has 3 N–H and O–H groups in total. The number of hydrogen-bond donors (Lipinski definition) is 2. The summed E-state index contributed by atoms with van der Waals surface area (Å²) in [6, 6.07) is -0.569. The predicted octanol–water partition coefficient (Wildman–Crippen LogP) is -0.337. The number of carbonyl (C=O) groups is 1. The summed E-state index contributed by atoms with van der Waals surface area (Å²) in [6.07, 6.45) is 1.68. The Labute approximate surface area is 91.3 Å². The van der Waals surface area contributed by atoms with Crippen molar-refractivity contribution in [1.82, 2.24) is 5.32 Å². The van der Waals surface area contributed by atoms with Crippen LogP contribution in [-0.4, -0.2) is 37.9 Å². The molecular weight excluding hydrogens is 216 g/mol. The first kappa shape index (κ1) is 14.4. The Morgan fingerprint density at radius 1 is 1.47 bits per heavy atom. The monoisotopic (exact) mass is 236 g/mol. The average molecular weight is 236 g/mol. The van der Waals surface area contributed by atoms with E-state index in [1.807, 2.05) is 0 Å². The van der Waals surface area contributed by atoms with Gasteiger partial charge in [0.15, 0.2) is 9.84 Å². The second kappa shape index (κ2) is 4.94. The van der Waals surface area contributed by atoms with Crippen LogP contribution in [-0.2, 0) is 14.6 Å². The lowest BCUT2D eigenvalue weighted by Gasteiger charge is -2.23. The normalized spacial score (nSPS) is 14.7. The maximum atomic E-state index is 11.3. The van der Waals surface area contributed by atoms with Gasteiger partial charge in [-0.3, -0.25) is 4.79 Å². The van der Waals surface area contributed by atoms with Gasteiger partial charge in [0.2, 0.25) is 5.91 Å². The minimum absolute atomic E-state index is 0.0817. The van der Waals surface area contributed by atoms with E-state index < -0.39 is 20.6 Å². The molecule has 0 aliphatic heterocycles. The maximum Gasteiger partial charge on any atom is 0.236 e. The third kappa shape index (κ3) is 4.17. The van der Waals surface area contributed by atoms with Crippen LogP contribution in [0.25, 0.3) is 0 Å². The highest BCUT2D eigenvalue weighted by Crippen LogP contribution is 2.13. The third-order valence-corrected chi connectivity index (χ3v) is 4.62. The van der Waals surface area contributed by atoms with E-state index in [9.17, 15) is 13.2 Å². The lowest BCUT2D eigenvalue weighted by Crippen LogP contribution is -2.48. The second-order valence-corrected chi connectivity index (χ2v) is 6.91. The Kier molecular flexibility index (Phi) is 4.73. The zero-order chi connectivity index (χ0) is 12.3. The molecule has 0 aromatic rings. The van der Waals surface area contributed by atoms with Gasteiger partial charge in [-0.2, -0.15) is 0 Å². The van der Waals surface area contributed by atoms with Gasteiger partial charge in [-0.25, -0.2) is 8.42 Å². The van der Waals surface area contributed by atoms with Crippen LogP contribution < -0.4 is 11.1 Å². The maximum absolute atomic E-state index is 11.3. The fourth-order valence-electron chi connectivity index (χ4n) is 0.748. The van der Waals surface area contributed by atoms with Crippen molar-refractivity contribution in [1.29, 1.82) is 0 Å². The van der Waals surface area contributed by atoms with Gasteiger partial charge in [0.05, 0.1) is 10.8 Å². The van der Waals surface area contributed by atoms with E-state index in [1.165, 1.54) is 0 Å². The van der Waals surface area contributed by atoms with Crippen molar-refractivity contribution >= 4 is 15.7 Å². The number of amides is 1. The molecule has 0 radical (unpaired) electrons. The predicted molar refractivity (Wildman–Crippen MR) is 60.2 cm³/mol. The van der Waals surface area contributed by atoms with Gasteiger partial charge in [0.1, 0.15) is 0 Å². The summed E-state index contributed by atoms with van der Waals surface area (Å²) in [5.74, 6) is -0.311. The highest BCUT2D eigenvalue weighted by molar-refractivity contribution is 7.92. The van der Waals surface area contributed by atoms with Gasteiger partial charge in [-0.05, 0) is 20.3 Å². The first-order valence-electron chi connectivity index (χ1n) is 4.84. The van der Waals surface area contributed by atoms with Crippen LogP contribution in [0.15, 0.2) is 0 Å². The van der Waals surface area contributed by atoms with Crippen molar-refractivity contribution in [3.63, 3.8) is 0 Å². The minimum atomic E-state index is -3.19. The van der Waals surface area contributed by atoms with Crippen LogP contribution in [0.2, 0.25) is 0 Å². The van der Waals surface area contributed by atoms with Gasteiger partial charge in [-0.1, -0.05) is 6.92 Å². The molecule has 0 aromatic carbocycles. The number of hydrogen-bond acceptors (Lipinski definition) is 4. The Morgan fingerprint density at radius 2 is 1.93 bits per heavy atom. The molecule has 15 heavy (non-hydrogen) atoms. The summed E-state index contributed by atoms with van der Waals surface area (Å²) in [5, 5.41) is 2.54. The topological polar surface area (TPSA) is 89.3 Å². The molecule has 0 spiro atoms. The van der Waals surface area contributed by atoms with E-state index >= 15 is 0 Å². The molecule has 0 aliphatic rings. The third-order valence-electron chi connectivity index (χ3n) is 2.47. The first-order valence-corrected chi connectivity index (χ1v) is 6.74. The average Bonchev–Trinajstić information content (AvgIpc) is 2.11. The molecule has 0 aliphatic carbocycles. The highest BCUT2D eigenvalue weighted by Gasteiger charge is 2.30. The Hall–Kier alpha value is -0.620. The number of sulfone groups is 1. The van der Waals surface area contributed by atoms with Gasteiger partial charge >= 0.3 is 0 Å². The number of nitrogens with one attached hydrogen (secondary N) is 1. The zero-order valence-corrected chi connectivity index (χ0v) is 10.5. The molecular formula is C9H20N2O3S. The van der Waals surface area contributed by atoms with Crippen LogP contribution >= 0.6 is 0 Å². The Balaban J connectivity index is 4.35. The molecule has 1 unspecified atom stereocenters. The van der Waals surface area contributed by atoms with Crippen LogP contribution in [0.3, 0.4) is 0 Å². The molecule has 0 rings (SSSR count). The van der Waals surface area contributed by atoms with E-state index in [0.717, 1.165) is 6.26 Å². The fraction of sp³-hybridized carbons (Fsp3) is 0.889. The first-order chi connectivity index (χ1) is 6.62. The number of rotatable bonds is 5. The molecule has 0 heterocycles. The van der Waals surface area contributed by atoms with Crippen LogP contribution in [0.5, 0.6) is 0 Å². The van der Waals surface area contributed by atoms with Crippen LogP contribution in [0.1, 0.15) is 27.2 Å². The molecule has 0 aromatic heterocycles. The number of carbonyl (C=O) groups excluding carboxylic acids is 1. The van der Waals surface area contributed by atoms with E-state index in [0.29, 0.717) is 6.42 Å². The lowest BCUT2D eigenvalue weighted by atomic mass is 10.2. The van der Waals surface area contributed by atoms with E-state index in [-0.39, 0.29) is 12.5 Å². The minimum Gasteiger partial charge on any atom is -0.353 e. The molecule has 90 valence electrons. The standard InChI is InChI=1S/C9H20N2O3S/c1-5-7(10)8(12)11-6-9(2,3)15(4,13)14/h7H,5-6,10H2,1-4H3,(H,11,12). The smallest absolute Gasteiger partial charge is 0.236 e. The van der Waals surface area contributed by atoms with Crippen LogP contribution in [0.4, 0.5) is 0 Å². The summed E-state index contributed by atoms with van der Waals surface area (Å²) in [6.45, 7) is 5.02. The molecule has 5 nitrogen and oxygen atoms in total. The Bertz CT molecular complexity index is 322. The van der Waals surface area contributed by atoms with E-state index in [2.05, 4.69) is 5.32 Å². The van der Waals surface area contributed by atoms with Gasteiger partial charge in [-0.15, -0.1) is 0 Å². The Morgan fingerprint density at radius 3 is 2.27 bits per heavy atom. The molecule has 1 atom stereocenters. The molecule has 0 saturated heterocycles. The largest absolute Gasteiger partial charge is 0.353 e. The van der Waals surface area contributed by atoms with Crippen molar-refractivity contribution < 1.29 is 13.2 Å². The summed E-state index contributed by atoms with van der Waals surface area (Å²) in [7, 11) is -3.19. The van der Waals surface area contributed by atoms with Gasteiger partial charge in [0.25, 0.3) is 0 Å². The second-order valence-electron chi connectivity index (χ2n) is 4.26. The fourth-order valence-corrected chi connectivity index (χ4v) is 1.08. The molecule has 0 fully saturated rings. The summed E-state index contributed by atoms with van der Waals surface area (Å²) < 4.78 is 21.7. The van der Waals surface area contributed by atoms with Crippen molar-refractivity contribution in [2.75, 3.05) is 12.8 Å². The molecule has 6 heteroatoms. The van der Waals surface area contributed by atoms with Gasteiger partial charge < -0.3 is 11.1 Å². The zero-order valence-electron chi connectivity index (χ0n) is 9.70. The molecule has 1 amide bonds. The quantitative estimate of drug-likeness (QED) is 0.683.